The first-order valence-electron chi connectivity index (χ1n) is 5.91. The monoisotopic (exact) mass is 243 g/mol. The third-order valence-corrected chi connectivity index (χ3v) is 2.95. The summed E-state index contributed by atoms with van der Waals surface area (Å²) in [5.74, 6) is 0.696. The lowest BCUT2D eigenvalue weighted by Gasteiger charge is -2.19. The number of methoxy groups -OCH3 is 1. The standard InChI is InChI=1S/C15H17NO2/c1-15(2,3)13-8-10(9-17)11-6-5-7-12(18-4)14(11)16-13/h5-9H,1-4H3. The fourth-order valence-electron chi connectivity index (χ4n) is 1.89. The van der Waals surface area contributed by atoms with E-state index in [4.69, 9.17) is 4.74 Å². The fraction of sp³-hybridized carbons (Fsp3) is 0.333. The van der Waals surface area contributed by atoms with E-state index >= 15 is 0 Å². The molecule has 0 saturated heterocycles. The minimum atomic E-state index is -0.104. The van der Waals surface area contributed by atoms with Crippen LogP contribution in [0.5, 0.6) is 5.75 Å². The Balaban J connectivity index is 2.85. The average Bonchev–Trinajstić information content (AvgIpc) is 2.35. The Morgan fingerprint density at radius 3 is 2.56 bits per heavy atom. The zero-order valence-corrected chi connectivity index (χ0v) is 11.2. The zero-order chi connectivity index (χ0) is 13.3. The number of hydrogen-bond donors (Lipinski definition) is 0. The Hall–Kier alpha value is -1.90. The van der Waals surface area contributed by atoms with Gasteiger partial charge in [0.1, 0.15) is 11.3 Å². The number of carbonyl (C=O) groups is 1. The molecule has 0 aliphatic carbocycles. The van der Waals surface area contributed by atoms with E-state index < -0.39 is 0 Å². The lowest BCUT2D eigenvalue weighted by atomic mass is 9.90. The maximum atomic E-state index is 11.2. The number of aldehydes is 1. The highest BCUT2D eigenvalue weighted by atomic mass is 16.5. The number of aromatic nitrogens is 1. The zero-order valence-electron chi connectivity index (χ0n) is 11.2. The van der Waals surface area contributed by atoms with Crippen molar-refractivity contribution in [3.63, 3.8) is 0 Å². The van der Waals surface area contributed by atoms with Crippen LogP contribution in [-0.4, -0.2) is 18.4 Å². The maximum Gasteiger partial charge on any atom is 0.150 e. The van der Waals surface area contributed by atoms with E-state index in [-0.39, 0.29) is 5.41 Å². The van der Waals surface area contributed by atoms with Crippen molar-refractivity contribution >= 4 is 17.2 Å². The lowest BCUT2D eigenvalue weighted by molar-refractivity contribution is 0.112. The maximum absolute atomic E-state index is 11.2. The molecule has 0 bridgehead atoms. The van der Waals surface area contributed by atoms with Crippen LogP contribution in [-0.2, 0) is 5.41 Å². The van der Waals surface area contributed by atoms with Crippen molar-refractivity contribution in [2.75, 3.05) is 7.11 Å². The van der Waals surface area contributed by atoms with Gasteiger partial charge in [0.2, 0.25) is 0 Å². The number of nitrogens with zero attached hydrogens (tertiary/aromatic N) is 1. The molecular formula is C15H17NO2. The number of hydrogen-bond acceptors (Lipinski definition) is 3. The van der Waals surface area contributed by atoms with Gasteiger partial charge in [-0.05, 0) is 12.1 Å². The average molecular weight is 243 g/mol. The Morgan fingerprint density at radius 2 is 2.00 bits per heavy atom. The highest BCUT2D eigenvalue weighted by Gasteiger charge is 2.18. The molecule has 0 spiro atoms. The van der Waals surface area contributed by atoms with Crippen molar-refractivity contribution in [3.05, 3.63) is 35.5 Å². The van der Waals surface area contributed by atoms with Gasteiger partial charge in [0.15, 0.2) is 6.29 Å². The number of carbonyl (C=O) groups excluding carboxylic acids is 1. The molecule has 0 amide bonds. The second-order valence-corrected chi connectivity index (χ2v) is 5.32. The molecule has 94 valence electrons. The first-order valence-corrected chi connectivity index (χ1v) is 5.91. The highest BCUT2D eigenvalue weighted by Crippen LogP contribution is 2.30. The summed E-state index contributed by atoms with van der Waals surface area (Å²) < 4.78 is 5.32. The molecule has 0 fully saturated rings. The van der Waals surface area contributed by atoms with Gasteiger partial charge in [0.25, 0.3) is 0 Å². The van der Waals surface area contributed by atoms with Crippen LogP contribution < -0.4 is 4.74 Å². The number of pyridine rings is 1. The van der Waals surface area contributed by atoms with Gasteiger partial charge in [0.05, 0.1) is 7.11 Å². The number of rotatable bonds is 2. The van der Waals surface area contributed by atoms with E-state index in [1.165, 1.54) is 0 Å². The second-order valence-electron chi connectivity index (χ2n) is 5.32. The molecule has 0 atom stereocenters. The van der Waals surface area contributed by atoms with Crippen molar-refractivity contribution in [2.24, 2.45) is 0 Å². The van der Waals surface area contributed by atoms with Crippen LogP contribution in [0, 0.1) is 0 Å². The smallest absolute Gasteiger partial charge is 0.150 e. The van der Waals surface area contributed by atoms with Crippen molar-refractivity contribution in [3.8, 4) is 5.75 Å². The van der Waals surface area contributed by atoms with Gasteiger partial charge in [0, 0.05) is 22.1 Å². The topological polar surface area (TPSA) is 39.2 Å². The molecular weight excluding hydrogens is 226 g/mol. The van der Waals surface area contributed by atoms with Gasteiger partial charge in [-0.2, -0.15) is 0 Å². The number of benzene rings is 1. The van der Waals surface area contributed by atoms with E-state index in [1.807, 2.05) is 24.3 Å². The van der Waals surface area contributed by atoms with E-state index in [9.17, 15) is 4.79 Å². The molecule has 0 aliphatic heterocycles. The molecule has 1 aromatic carbocycles. The molecule has 3 heteroatoms. The minimum absolute atomic E-state index is 0.104. The summed E-state index contributed by atoms with van der Waals surface area (Å²) in [6, 6.07) is 7.47. The molecule has 0 saturated carbocycles. The Morgan fingerprint density at radius 1 is 1.28 bits per heavy atom. The normalized spacial score (nSPS) is 11.6. The summed E-state index contributed by atoms with van der Waals surface area (Å²) in [4.78, 5) is 15.9. The summed E-state index contributed by atoms with van der Waals surface area (Å²) in [5.41, 5.74) is 2.19. The third kappa shape index (κ3) is 2.08. The summed E-state index contributed by atoms with van der Waals surface area (Å²) in [7, 11) is 1.61. The molecule has 0 radical (unpaired) electrons. The Labute approximate surface area is 107 Å². The summed E-state index contributed by atoms with van der Waals surface area (Å²) in [6.45, 7) is 6.22. The molecule has 1 aromatic heterocycles. The van der Waals surface area contributed by atoms with Crippen molar-refractivity contribution in [1.29, 1.82) is 0 Å². The Bertz CT molecular complexity index is 597. The van der Waals surface area contributed by atoms with Crippen LogP contribution in [0.4, 0.5) is 0 Å². The van der Waals surface area contributed by atoms with Crippen LogP contribution in [0.15, 0.2) is 24.3 Å². The molecule has 1 heterocycles. The fourth-order valence-corrected chi connectivity index (χ4v) is 1.89. The van der Waals surface area contributed by atoms with Crippen LogP contribution in [0.2, 0.25) is 0 Å². The number of para-hydroxylation sites is 1. The molecule has 3 nitrogen and oxygen atoms in total. The van der Waals surface area contributed by atoms with Crippen molar-refractivity contribution in [2.45, 2.75) is 26.2 Å². The van der Waals surface area contributed by atoms with Crippen LogP contribution in [0.25, 0.3) is 10.9 Å². The van der Waals surface area contributed by atoms with E-state index in [1.54, 1.807) is 7.11 Å². The third-order valence-electron chi connectivity index (χ3n) is 2.95. The summed E-state index contributed by atoms with van der Waals surface area (Å²) in [6.07, 6.45) is 0.874. The van der Waals surface area contributed by atoms with Gasteiger partial charge in [-0.25, -0.2) is 4.98 Å². The number of fused-ring (bicyclic) bond motifs is 1. The van der Waals surface area contributed by atoms with Crippen molar-refractivity contribution < 1.29 is 9.53 Å². The molecule has 2 rings (SSSR count). The second kappa shape index (κ2) is 4.41. The van der Waals surface area contributed by atoms with Crippen molar-refractivity contribution in [1.82, 2.24) is 4.98 Å². The van der Waals surface area contributed by atoms with E-state index in [0.29, 0.717) is 11.3 Å². The van der Waals surface area contributed by atoms with Crippen LogP contribution in [0.3, 0.4) is 0 Å². The SMILES string of the molecule is COc1cccc2c(C=O)cc(C(C)(C)C)nc12. The van der Waals surface area contributed by atoms with Gasteiger partial charge in [-0.15, -0.1) is 0 Å². The van der Waals surface area contributed by atoms with E-state index in [2.05, 4.69) is 25.8 Å². The first kappa shape index (κ1) is 12.6. The summed E-state index contributed by atoms with van der Waals surface area (Å²) in [5, 5.41) is 0.831. The summed E-state index contributed by atoms with van der Waals surface area (Å²) >= 11 is 0. The Kier molecular flexibility index (Phi) is 3.07. The van der Waals surface area contributed by atoms with Gasteiger partial charge >= 0.3 is 0 Å². The molecule has 2 aromatic rings. The molecule has 0 N–H and O–H groups in total. The van der Waals surface area contributed by atoms with Crippen LogP contribution >= 0.6 is 0 Å². The van der Waals surface area contributed by atoms with Gasteiger partial charge in [-0.3, -0.25) is 4.79 Å². The molecule has 0 unspecified atom stereocenters. The highest BCUT2D eigenvalue weighted by molar-refractivity contribution is 5.98. The van der Waals surface area contributed by atoms with E-state index in [0.717, 1.165) is 22.9 Å². The lowest BCUT2D eigenvalue weighted by Crippen LogP contribution is -2.14. The molecule has 18 heavy (non-hydrogen) atoms. The first-order chi connectivity index (χ1) is 8.47. The predicted molar refractivity (Wildman–Crippen MR) is 72.4 cm³/mol. The van der Waals surface area contributed by atoms with Gasteiger partial charge in [-0.1, -0.05) is 32.9 Å². The quantitative estimate of drug-likeness (QED) is 0.759. The predicted octanol–water partition coefficient (Wildman–Crippen LogP) is 3.35. The number of ether oxygens (including phenoxy) is 1. The molecule has 0 aliphatic rings. The van der Waals surface area contributed by atoms with Crippen LogP contribution in [0.1, 0.15) is 36.8 Å². The minimum Gasteiger partial charge on any atom is -0.494 e. The largest absolute Gasteiger partial charge is 0.494 e. The van der Waals surface area contributed by atoms with Gasteiger partial charge < -0.3 is 4.74 Å².